The fourth-order valence-corrected chi connectivity index (χ4v) is 4.37. The number of H-pyrrole nitrogens is 1. The van der Waals surface area contributed by atoms with E-state index in [-0.39, 0.29) is 38.5 Å². The molecule has 1 fully saturated rings. The molecule has 2 heterocycles. The smallest absolute Gasteiger partial charge is 0.245 e. The fraction of sp³-hybridized carbons (Fsp3) is 0.556. The quantitative estimate of drug-likeness (QED) is 0.252. The van der Waals surface area contributed by atoms with Crippen molar-refractivity contribution < 1.29 is 24.3 Å². The van der Waals surface area contributed by atoms with Gasteiger partial charge in [-0.15, -0.1) is 0 Å². The minimum atomic E-state index is -1.25. The number of rotatable bonds is 7. The Hall–Kier alpha value is -3.84. The predicted octanol–water partition coefficient (Wildman–Crippen LogP) is -0.967. The van der Waals surface area contributed by atoms with Gasteiger partial charge in [-0.25, -0.2) is 4.98 Å². The summed E-state index contributed by atoms with van der Waals surface area (Å²) in [7, 11) is 0. The van der Waals surface area contributed by atoms with Gasteiger partial charge in [0.2, 0.25) is 23.6 Å². The summed E-state index contributed by atoms with van der Waals surface area (Å²) < 4.78 is 0. The lowest BCUT2D eigenvalue weighted by atomic mass is 10.0. The number of carbonyl (C=O) groups excluding carboxylic acids is 4. The van der Waals surface area contributed by atoms with E-state index in [1.165, 1.54) is 6.92 Å². The van der Waals surface area contributed by atoms with E-state index in [0.29, 0.717) is 18.1 Å². The number of aliphatic hydroxyl groups excluding tert-OH is 1. The minimum absolute atomic E-state index is 0.0705. The van der Waals surface area contributed by atoms with Gasteiger partial charge in [-0.2, -0.15) is 5.10 Å². The second-order valence-corrected chi connectivity index (χ2v) is 10.3. The first-order valence-corrected chi connectivity index (χ1v) is 13.6. The molecule has 13 heteroatoms. The topological polar surface area (TPSA) is 181 Å². The Morgan fingerprint density at radius 2 is 1.70 bits per heavy atom. The van der Waals surface area contributed by atoms with Crippen LogP contribution in [0.25, 0.3) is 0 Å². The lowest BCUT2D eigenvalue weighted by Gasteiger charge is -2.27. The van der Waals surface area contributed by atoms with E-state index in [1.54, 1.807) is 18.7 Å². The molecule has 0 spiro atoms. The molecule has 0 radical (unpaired) electrons. The first-order chi connectivity index (χ1) is 19.1. The van der Waals surface area contributed by atoms with E-state index < -0.39 is 47.9 Å². The highest BCUT2D eigenvalue weighted by molar-refractivity contribution is 5.94. The maximum Gasteiger partial charge on any atom is 0.245 e. The Bertz CT molecular complexity index is 1150. The van der Waals surface area contributed by atoms with Crippen molar-refractivity contribution in [3.05, 3.63) is 47.5 Å². The van der Waals surface area contributed by atoms with Gasteiger partial charge in [0, 0.05) is 25.9 Å². The van der Waals surface area contributed by atoms with Crippen LogP contribution in [0.1, 0.15) is 44.9 Å². The predicted molar refractivity (Wildman–Crippen MR) is 147 cm³/mol. The number of amides is 4. The Labute approximate surface area is 233 Å². The summed E-state index contributed by atoms with van der Waals surface area (Å²) in [6, 6.07) is 5.91. The van der Waals surface area contributed by atoms with E-state index in [1.807, 2.05) is 37.3 Å². The third kappa shape index (κ3) is 8.85. The molecule has 1 aliphatic rings. The van der Waals surface area contributed by atoms with E-state index >= 15 is 0 Å². The molecule has 13 nitrogen and oxygen atoms in total. The first-order valence-electron chi connectivity index (χ1n) is 13.6. The van der Waals surface area contributed by atoms with Crippen molar-refractivity contribution in [3.63, 3.8) is 0 Å². The molecule has 2 aromatic rings. The summed E-state index contributed by atoms with van der Waals surface area (Å²) in [5, 5.41) is 28.2. The highest BCUT2D eigenvalue weighted by Crippen LogP contribution is 2.09. The molecule has 0 unspecified atom stereocenters. The van der Waals surface area contributed by atoms with Crippen molar-refractivity contribution in [1.29, 1.82) is 0 Å². The van der Waals surface area contributed by atoms with Crippen molar-refractivity contribution in [2.24, 2.45) is 5.92 Å². The number of nitrogens with zero attached hydrogens (tertiary/aromatic N) is 3. The zero-order chi connectivity index (χ0) is 29.2. The molecule has 1 saturated heterocycles. The number of benzene rings is 1. The number of aromatic amines is 1. The average molecular weight is 557 g/mol. The van der Waals surface area contributed by atoms with E-state index in [0.717, 1.165) is 5.56 Å². The van der Waals surface area contributed by atoms with E-state index in [9.17, 15) is 24.3 Å². The number of aromatic nitrogens is 3. The zero-order valence-electron chi connectivity index (χ0n) is 23.4. The van der Waals surface area contributed by atoms with Gasteiger partial charge in [-0.05, 0) is 18.4 Å². The molecule has 1 aromatic heterocycles. The lowest BCUT2D eigenvalue weighted by molar-refractivity contribution is -0.135. The molecule has 0 saturated carbocycles. The van der Waals surface area contributed by atoms with Gasteiger partial charge in [-0.1, -0.05) is 51.1 Å². The van der Waals surface area contributed by atoms with Crippen LogP contribution in [0, 0.1) is 5.92 Å². The SMILES string of the molecule is CCc1n[nH]c(CN2CCNC(=O)[C@H]([C@@H](C)O)NC(=O)[C@H](Cc3ccccc3)NC(=O)[C@@H](C(C)C)NC(=O)C2)n1. The molecular weight excluding hydrogens is 516 g/mol. The molecule has 3 rings (SSSR count). The second kappa shape index (κ2) is 14.5. The van der Waals surface area contributed by atoms with E-state index in [4.69, 9.17) is 0 Å². The number of aryl methyl sites for hydroxylation is 1. The van der Waals surface area contributed by atoms with Crippen LogP contribution >= 0.6 is 0 Å². The van der Waals surface area contributed by atoms with Gasteiger partial charge in [0.1, 0.15) is 29.8 Å². The third-order valence-electron chi connectivity index (χ3n) is 6.61. The molecule has 1 aromatic carbocycles. The summed E-state index contributed by atoms with van der Waals surface area (Å²) in [4.78, 5) is 59.0. The lowest BCUT2D eigenvalue weighted by Crippen LogP contribution is -2.60. The van der Waals surface area contributed by atoms with E-state index in [2.05, 4.69) is 36.4 Å². The summed E-state index contributed by atoms with van der Waals surface area (Å²) in [5.74, 6) is -1.20. The summed E-state index contributed by atoms with van der Waals surface area (Å²) in [6.07, 6.45) is -0.400. The summed E-state index contributed by atoms with van der Waals surface area (Å²) in [5.41, 5.74) is 0.790. The standard InChI is InChI=1S/C27H40N8O5/c1-5-20-30-21(34-33-20)14-35-12-11-28-26(39)24(17(4)36)32-25(38)19(13-18-9-7-6-8-10-18)29-27(40)23(16(2)3)31-22(37)15-35/h6-10,16-17,19,23-24,36H,5,11-15H2,1-4H3,(H,28,39)(H,29,40)(H,31,37)(H,32,38)(H,30,33,34)/t17-,19+,23-,24+/m1/s1. The molecule has 0 aliphatic carbocycles. The van der Waals surface area contributed by atoms with Gasteiger partial charge in [0.15, 0.2) is 0 Å². The van der Waals surface area contributed by atoms with Gasteiger partial charge in [-0.3, -0.25) is 29.2 Å². The number of nitrogens with one attached hydrogen (secondary N) is 5. The van der Waals surface area contributed by atoms with Crippen LogP contribution in [0.3, 0.4) is 0 Å². The normalized spacial score (nSPS) is 22.9. The Morgan fingerprint density at radius 1 is 0.975 bits per heavy atom. The highest BCUT2D eigenvalue weighted by Gasteiger charge is 2.33. The fourth-order valence-electron chi connectivity index (χ4n) is 4.37. The van der Waals surface area contributed by atoms with Crippen molar-refractivity contribution >= 4 is 23.6 Å². The van der Waals surface area contributed by atoms with Crippen molar-refractivity contribution in [2.75, 3.05) is 19.6 Å². The Balaban J connectivity index is 1.89. The van der Waals surface area contributed by atoms with Crippen molar-refractivity contribution in [2.45, 2.75) is 71.3 Å². The number of aliphatic hydroxyl groups is 1. The van der Waals surface area contributed by atoms with Gasteiger partial charge >= 0.3 is 0 Å². The van der Waals surface area contributed by atoms with Crippen LogP contribution in [0.15, 0.2) is 30.3 Å². The van der Waals surface area contributed by atoms with Crippen LogP contribution in [-0.4, -0.2) is 92.7 Å². The minimum Gasteiger partial charge on any atom is -0.391 e. The number of carbonyl (C=O) groups is 4. The Morgan fingerprint density at radius 3 is 2.33 bits per heavy atom. The molecule has 218 valence electrons. The van der Waals surface area contributed by atoms with Gasteiger partial charge < -0.3 is 26.4 Å². The molecule has 6 N–H and O–H groups in total. The molecule has 4 atom stereocenters. The van der Waals surface area contributed by atoms with Crippen molar-refractivity contribution in [1.82, 2.24) is 41.3 Å². The molecule has 4 amide bonds. The summed E-state index contributed by atoms with van der Waals surface area (Å²) in [6.45, 7) is 7.52. The van der Waals surface area contributed by atoms with Crippen LogP contribution in [0.2, 0.25) is 0 Å². The largest absolute Gasteiger partial charge is 0.391 e. The maximum absolute atomic E-state index is 13.4. The highest BCUT2D eigenvalue weighted by atomic mass is 16.3. The number of hydrogen-bond donors (Lipinski definition) is 6. The second-order valence-electron chi connectivity index (χ2n) is 10.3. The van der Waals surface area contributed by atoms with Gasteiger partial charge in [0.25, 0.3) is 0 Å². The van der Waals surface area contributed by atoms with Crippen LogP contribution < -0.4 is 21.3 Å². The summed E-state index contributed by atoms with van der Waals surface area (Å²) >= 11 is 0. The van der Waals surface area contributed by atoms with Crippen LogP contribution in [0.4, 0.5) is 0 Å². The molecule has 0 bridgehead atoms. The number of hydrogen-bond acceptors (Lipinski definition) is 8. The zero-order valence-corrected chi connectivity index (χ0v) is 23.4. The Kier molecular flexibility index (Phi) is 11.1. The van der Waals surface area contributed by atoms with Crippen LogP contribution in [0.5, 0.6) is 0 Å². The molecule has 1 aliphatic heterocycles. The molecular formula is C27H40N8O5. The third-order valence-corrected chi connectivity index (χ3v) is 6.61. The molecule has 40 heavy (non-hydrogen) atoms. The van der Waals surface area contributed by atoms with Gasteiger partial charge in [0.05, 0.1) is 19.2 Å². The maximum atomic E-state index is 13.4. The monoisotopic (exact) mass is 556 g/mol. The average Bonchev–Trinajstić information content (AvgIpc) is 3.36. The van der Waals surface area contributed by atoms with Crippen LogP contribution in [-0.2, 0) is 38.6 Å². The van der Waals surface area contributed by atoms with Crippen molar-refractivity contribution in [3.8, 4) is 0 Å². The first kappa shape index (κ1) is 30.7.